The van der Waals surface area contributed by atoms with Crippen molar-refractivity contribution < 1.29 is 9.90 Å². The number of hydrogen-bond acceptors (Lipinski definition) is 3. The summed E-state index contributed by atoms with van der Waals surface area (Å²) >= 11 is 1.70. The molecule has 1 N–H and O–H groups in total. The average molecular weight is 239 g/mol. The molecular weight excluding hydrogens is 222 g/mol. The third-order valence-corrected chi connectivity index (χ3v) is 3.60. The monoisotopic (exact) mass is 239 g/mol. The zero-order valence-corrected chi connectivity index (χ0v) is 10.1. The van der Waals surface area contributed by atoms with Crippen LogP contribution in [-0.4, -0.2) is 35.6 Å². The SMILES string of the molecule is O=C(O)CN(CCc1ccsc1)CC1CC1. The Morgan fingerprint density at radius 1 is 1.56 bits per heavy atom. The molecule has 0 radical (unpaired) electrons. The van der Waals surface area contributed by atoms with Crippen LogP contribution in [-0.2, 0) is 11.2 Å². The van der Waals surface area contributed by atoms with Gasteiger partial charge < -0.3 is 5.11 Å². The van der Waals surface area contributed by atoms with Gasteiger partial charge in [0.05, 0.1) is 6.54 Å². The molecule has 2 rings (SSSR count). The van der Waals surface area contributed by atoms with Crippen molar-refractivity contribution in [1.82, 2.24) is 4.90 Å². The minimum Gasteiger partial charge on any atom is -0.480 e. The van der Waals surface area contributed by atoms with Crippen LogP contribution in [0.1, 0.15) is 18.4 Å². The maximum Gasteiger partial charge on any atom is 0.317 e. The summed E-state index contributed by atoms with van der Waals surface area (Å²) in [4.78, 5) is 12.8. The van der Waals surface area contributed by atoms with Gasteiger partial charge in [0.1, 0.15) is 0 Å². The fourth-order valence-electron chi connectivity index (χ4n) is 1.81. The van der Waals surface area contributed by atoms with E-state index in [-0.39, 0.29) is 6.54 Å². The lowest BCUT2D eigenvalue weighted by molar-refractivity contribution is -0.138. The van der Waals surface area contributed by atoms with E-state index in [2.05, 4.69) is 21.7 Å². The molecule has 0 atom stereocenters. The molecule has 0 aromatic carbocycles. The van der Waals surface area contributed by atoms with E-state index in [0.717, 1.165) is 25.4 Å². The molecule has 1 aromatic heterocycles. The predicted molar refractivity (Wildman–Crippen MR) is 64.8 cm³/mol. The summed E-state index contributed by atoms with van der Waals surface area (Å²) in [7, 11) is 0. The van der Waals surface area contributed by atoms with E-state index in [1.54, 1.807) is 11.3 Å². The number of hydrogen-bond donors (Lipinski definition) is 1. The molecule has 1 fully saturated rings. The van der Waals surface area contributed by atoms with Gasteiger partial charge in [-0.1, -0.05) is 0 Å². The van der Waals surface area contributed by atoms with Crippen molar-refractivity contribution in [1.29, 1.82) is 0 Å². The number of nitrogens with zero attached hydrogens (tertiary/aromatic N) is 1. The zero-order chi connectivity index (χ0) is 11.4. The third-order valence-electron chi connectivity index (χ3n) is 2.87. The maximum atomic E-state index is 10.7. The van der Waals surface area contributed by atoms with E-state index >= 15 is 0 Å². The number of carboxylic acid groups (broad SMARTS) is 1. The van der Waals surface area contributed by atoms with E-state index in [9.17, 15) is 4.79 Å². The van der Waals surface area contributed by atoms with Crippen molar-refractivity contribution in [2.24, 2.45) is 5.92 Å². The van der Waals surface area contributed by atoms with Crippen molar-refractivity contribution >= 4 is 17.3 Å². The standard InChI is InChI=1S/C12H17NO2S/c14-12(15)8-13(7-10-1-2-10)5-3-11-4-6-16-9-11/h4,6,9-10H,1-3,5,7-8H2,(H,14,15). The number of carbonyl (C=O) groups is 1. The van der Waals surface area contributed by atoms with Crippen molar-refractivity contribution in [2.45, 2.75) is 19.3 Å². The van der Waals surface area contributed by atoms with Gasteiger partial charge in [0, 0.05) is 13.1 Å². The van der Waals surface area contributed by atoms with Gasteiger partial charge in [0.2, 0.25) is 0 Å². The fourth-order valence-corrected chi connectivity index (χ4v) is 2.52. The van der Waals surface area contributed by atoms with Crippen LogP contribution in [0.4, 0.5) is 0 Å². The highest BCUT2D eigenvalue weighted by Gasteiger charge is 2.24. The first-order chi connectivity index (χ1) is 7.74. The Hall–Kier alpha value is -0.870. The Labute approximate surface area is 99.7 Å². The molecule has 0 aliphatic heterocycles. The highest BCUT2D eigenvalue weighted by molar-refractivity contribution is 7.07. The summed E-state index contributed by atoms with van der Waals surface area (Å²) in [6, 6.07) is 2.11. The first kappa shape index (κ1) is 11.6. The largest absolute Gasteiger partial charge is 0.480 e. The van der Waals surface area contributed by atoms with Gasteiger partial charge in [0.15, 0.2) is 0 Å². The number of carboxylic acids is 1. The van der Waals surface area contributed by atoms with E-state index in [1.165, 1.54) is 18.4 Å². The molecule has 0 amide bonds. The van der Waals surface area contributed by atoms with Crippen molar-refractivity contribution in [3.63, 3.8) is 0 Å². The van der Waals surface area contributed by atoms with Crippen molar-refractivity contribution in [3.8, 4) is 0 Å². The molecule has 3 nitrogen and oxygen atoms in total. The summed E-state index contributed by atoms with van der Waals surface area (Å²) in [5.41, 5.74) is 1.32. The lowest BCUT2D eigenvalue weighted by atomic mass is 10.2. The van der Waals surface area contributed by atoms with E-state index < -0.39 is 5.97 Å². The second-order valence-electron chi connectivity index (χ2n) is 4.45. The fraction of sp³-hybridized carbons (Fsp3) is 0.583. The molecule has 1 saturated carbocycles. The summed E-state index contributed by atoms with van der Waals surface area (Å²) in [5, 5.41) is 13.0. The molecular formula is C12H17NO2S. The minimum absolute atomic E-state index is 0.181. The highest BCUT2D eigenvalue weighted by Crippen LogP contribution is 2.29. The van der Waals surface area contributed by atoms with Gasteiger partial charge in [-0.25, -0.2) is 0 Å². The molecule has 0 unspecified atom stereocenters. The molecule has 1 heterocycles. The van der Waals surface area contributed by atoms with Crippen LogP contribution in [0.15, 0.2) is 16.8 Å². The normalized spacial score (nSPS) is 15.6. The molecule has 1 aliphatic carbocycles. The van der Waals surface area contributed by atoms with Crippen LogP contribution in [0.3, 0.4) is 0 Å². The molecule has 0 saturated heterocycles. The molecule has 4 heteroatoms. The van der Waals surface area contributed by atoms with Gasteiger partial charge in [-0.2, -0.15) is 11.3 Å². The second kappa shape index (κ2) is 5.46. The van der Waals surface area contributed by atoms with Crippen LogP contribution in [0.5, 0.6) is 0 Å². The Morgan fingerprint density at radius 2 is 2.38 bits per heavy atom. The molecule has 1 aromatic rings. The Kier molecular flexibility index (Phi) is 3.96. The topological polar surface area (TPSA) is 40.5 Å². The minimum atomic E-state index is -0.717. The highest BCUT2D eigenvalue weighted by atomic mass is 32.1. The smallest absolute Gasteiger partial charge is 0.317 e. The summed E-state index contributed by atoms with van der Waals surface area (Å²) in [6.07, 6.45) is 3.51. The molecule has 88 valence electrons. The van der Waals surface area contributed by atoms with Crippen LogP contribution in [0.2, 0.25) is 0 Å². The average Bonchev–Trinajstić information content (AvgIpc) is 2.89. The van der Waals surface area contributed by atoms with Crippen LogP contribution in [0.25, 0.3) is 0 Å². The van der Waals surface area contributed by atoms with E-state index in [4.69, 9.17) is 5.11 Å². The second-order valence-corrected chi connectivity index (χ2v) is 5.23. The number of thiophene rings is 1. The molecule has 1 aliphatic rings. The number of aliphatic carboxylic acids is 1. The lowest BCUT2D eigenvalue weighted by Gasteiger charge is -2.19. The van der Waals surface area contributed by atoms with Gasteiger partial charge in [0.25, 0.3) is 0 Å². The summed E-state index contributed by atoms with van der Waals surface area (Å²) < 4.78 is 0. The Balaban J connectivity index is 1.78. The van der Waals surface area contributed by atoms with Crippen molar-refractivity contribution in [3.05, 3.63) is 22.4 Å². The van der Waals surface area contributed by atoms with Gasteiger partial charge >= 0.3 is 5.97 Å². The summed E-state index contributed by atoms with van der Waals surface area (Å²) in [5.74, 6) is 0.0350. The lowest BCUT2D eigenvalue weighted by Crippen LogP contribution is -2.33. The number of rotatable bonds is 7. The van der Waals surface area contributed by atoms with Crippen LogP contribution < -0.4 is 0 Å². The Bertz CT molecular complexity index is 333. The molecule has 16 heavy (non-hydrogen) atoms. The maximum absolute atomic E-state index is 10.7. The van der Waals surface area contributed by atoms with Gasteiger partial charge in [-0.05, 0) is 47.6 Å². The molecule has 0 bridgehead atoms. The summed E-state index contributed by atoms with van der Waals surface area (Å²) in [6.45, 7) is 2.00. The zero-order valence-electron chi connectivity index (χ0n) is 9.26. The van der Waals surface area contributed by atoms with Gasteiger partial charge in [-0.15, -0.1) is 0 Å². The Morgan fingerprint density at radius 3 is 2.94 bits per heavy atom. The van der Waals surface area contributed by atoms with Gasteiger partial charge in [-0.3, -0.25) is 9.69 Å². The van der Waals surface area contributed by atoms with E-state index in [1.807, 2.05) is 0 Å². The van der Waals surface area contributed by atoms with Crippen LogP contribution in [0, 0.1) is 5.92 Å². The van der Waals surface area contributed by atoms with E-state index in [0.29, 0.717) is 0 Å². The van der Waals surface area contributed by atoms with Crippen LogP contribution >= 0.6 is 11.3 Å². The first-order valence-corrected chi connectivity index (χ1v) is 6.63. The predicted octanol–water partition coefficient (Wildman–Crippen LogP) is 2.09. The molecule has 0 spiro atoms. The first-order valence-electron chi connectivity index (χ1n) is 5.69. The van der Waals surface area contributed by atoms with Crippen molar-refractivity contribution in [2.75, 3.05) is 19.6 Å². The third kappa shape index (κ3) is 3.94. The quantitative estimate of drug-likeness (QED) is 0.792.